The summed E-state index contributed by atoms with van der Waals surface area (Å²) in [5.74, 6) is 0. The third-order valence-electron chi connectivity index (χ3n) is 2.78. The van der Waals surface area contributed by atoms with Crippen LogP contribution in [-0.4, -0.2) is 0 Å². The molecule has 0 heteroatoms. The molecule has 0 saturated heterocycles. The molecule has 0 aliphatic rings. The molecule has 0 aliphatic carbocycles. The van der Waals surface area contributed by atoms with Crippen LogP contribution in [0, 0.1) is 6.58 Å². The Morgan fingerprint density at radius 3 is 1.47 bits per heavy atom. The predicted molar refractivity (Wildman–Crippen MR) is 69.9 cm³/mol. The molecule has 0 aliphatic heterocycles. The molecular weight excluding hydrogens is 180 g/mol. The number of rotatable bonds is 12. The fourth-order valence-corrected chi connectivity index (χ4v) is 1.79. The van der Waals surface area contributed by atoms with E-state index in [0.29, 0.717) is 0 Å². The molecule has 0 spiro atoms. The average Bonchev–Trinajstić information content (AvgIpc) is 2.26. The lowest BCUT2D eigenvalue weighted by Crippen LogP contribution is -1.81. The van der Waals surface area contributed by atoms with Gasteiger partial charge in [-0.2, -0.15) is 0 Å². The van der Waals surface area contributed by atoms with E-state index in [0.717, 1.165) is 6.42 Å². The van der Waals surface area contributed by atoms with E-state index in [1.807, 2.05) is 6.08 Å². The molecule has 0 nitrogen and oxygen atoms in total. The van der Waals surface area contributed by atoms with Gasteiger partial charge in [-0.1, -0.05) is 63.7 Å². The third-order valence-corrected chi connectivity index (χ3v) is 2.78. The molecule has 0 amide bonds. The maximum absolute atomic E-state index is 5.32. The van der Waals surface area contributed by atoms with Crippen molar-refractivity contribution in [3.8, 4) is 0 Å². The number of hydrogen-bond donors (Lipinski definition) is 0. The van der Waals surface area contributed by atoms with Crippen LogP contribution < -0.4 is 0 Å². The van der Waals surface area contributed by atoms with Crippen LogP contribution in [0.15, 0.2) is 18.7 Å². The van der Waals surface area contributed by atoms with Crippen molar-refractivity contribution in [2.45, 2.75) is 70.6 Å². The zero-order valence-corrected chi connectivity index (χ0v) is 10.2. The molecule has 0 bridgehead atoms. The first-order valence-electron chi connectivity index (χ1n) is 6.56. The second-order valence-corrected chi connectivity index (χ2v) is 4.28. The van der Waals surface area contributed by atoms with E-state index >= 15 is 0 Å². The number of hydrogen-bond acceptors (Lipinski definition) is 0. The summed E-state index contributed by atoms with van der Waals surface area (Å²) in [6, 6.07) is 0. The Labute approximate surface area is 96.5 Å². The minimum Gasteiger partial charge on any atom is -0.103 e. The molecule has 0 rings (SSSR count). The molecule has 0 aromatic heterocycles. The lowest BCUT2D eigenvalue weighted by molar-refractivity contribution is 0.561. The standard InChI is InChI=1S/C15H27/c1-3-5-7-9-11-13-15-14-12-10-8-6-4-2/h1,3-4H,2,5-15H2. The molecule has 0 N–H and O–H groups in total. The van der Waals surface area contributed by atoms with Gasteiger partial charge in [-0.15, -0.1) is 6.58 Å². The summed E-state index contributed by atoms with van der Waals surface area (Å²) in [5, 5.41) is 0. The first-order chi connectivity index (χ1) is 7.41. The Balaban J connectivity index is 2.86. The fourth-order valence-electron chi connectivity index (χ4n) is 1.79. The highest BCUT2D eigenvalue weighted by molar-refractivity contribution is 4.65. The summed E-state index contributed by atoms with van der Waals surface area (Å²) in [5.41, 5.74) is 0. The van der Waals surface area contributed by atoms with Crippen LogP contribution in [0.5, 0.6) is 0 Å². The van der Waals surface area contributed by atoms with Crippen molar-refractivity contribution in [1.82, 2.24) is 0 Å². The molecule has 87 valence electrons. The summed E-state index contributed by atoms with van der Waals surface area (Å²) >= 11 is 0. The molecular formula is C15H27. The normalized spacial score (nSPS) is 10.1. The summed E-state index contributed by atoms with van der Waals surface area (Å²) in [4.78, 5) is 0. The van der Waals surface area contributed by atoms with Crippen molar-refractivity contribution in [3.05, 3.63) is 25.3 Å². The Morgan fingerprint density at radius 1 is 0.667 bits per heavy atom. The Bertz CT molecular complexity index is 119. The minimum atomic E-state index is 1.08. The highest BCUT2D eigenvalue weighted by Crippen LogP contribution is 2.11. The van der Waals surface area contributed by atoms with E-state index in [4.69, 9.17) is 6.58 Å². The van der Waals surface area contributed by atoms with Gasteiger partial charge in [-0.3, -0.25) is 0 Å². The second kappa shape index (κ2) is 13.5. The van der Waals surface area contributed by atoms with E-state index in [1.54, 1.807) is 6.08 Å². The van der Waals surface area contributed by atoms with Crippen LogP contribution in [-0.2, 0) is 0 Å². The number of allylic oxidation sites excluding steroid dienone is 2. The van der Waals surface area contributed by atoms with Gasteiger partial charge in [-0.25, -0.2) is 0 Å². The Kier molecular flexibility index (Phi) is 13.0. The van der Waals surface area contributed by atoms with Gasteiger partial charge in [0, 0.05) is 0 Å². The minimum absolute atomic E-state index is 1.08. The van der Waals surface area contributed by atoms with Crippen LogP contribution in [0.3, 0.4) is 0 Å². The Hall–Kier alpha value is -0.520. The van der Waals surface area contributed by atoms with Crippen LogP contribution in [0.25, 0.3) is 0 Å². The molecule has 0 atom stereocenters. The first-order valence-corrected chi connectivity index (χ1v) is 6.56. The lowest BCUT2D eigenvalue weighted by atomic mass is 10.1. The average molecular weight is 207 g/mol. The summed E-state index contributed by atoms with van der Waals surface area (Å²) < 4.78 is 0. The highest BCUT2D eigenvalue weighted by atomic mass is 14.0. The topological polar surface area (TPSA) is 0 Å². The van der Waals surface area contributed by atoms with Crippen LogP contribution in [0.2, 0.25) is 0 Å². The monoisotopic (exact) mass is 207 g/mol. The molecule has 0 aromatic carbocycles. The first kappa shape index (κ1) is 14.5. The van der Waals surface area contributed by atoms with Gasteiger partial charge in [0.25, 0.3) is 0 Å². The SMILES string of the molecule is [CH]=CCCCCCCCCCCCC=C. The van der Waals surface area contributed by atoms with E-state index in [-0.39, 0.29) is 0 Å². The van der Waals surface area contributed by atoms with E-state index in [1.165, 1.54) is 64.2 Å². The van der Waals surface area contributed by atoms with Crippen LogP contribution in [0.1, 0.15) is 70.6 Å². The van der Waals surface area contributed by atoms with Crippen molar-refractivity contribution >= 4 is 0 Å². The van der Waals surface area contributed by atoms with Gasteiger partial charge in [-0.05, 0) is 25.7 Å². The molecule has 0 heterocycles. The number of unbranched alkanes of at least 4 members (excludes halogenated alkanes) is 10. The lowest BCUT2D eigenvalue weighted by Gasteiger charge is -2.01. The van der Waals surface area contributed by atoms with Crippen molar-refractivity contribution in [1.29, 1.82) is 0 Å². The molecule has 0 fully saturated rings. The third kappa shape index (κ3) is 13.5. The van der Waals surface area contributed by atoms with Crippen molar-refractivity contribution in [2.75, 3.05) is 0 Å². The second-order valence-electron chi connectivity index (χ2n) is 4.28. The van der Waals surface area contributed by atoms with Gasteiger partial charge in [0.1, 0.15) is 0 Å². The smallest absolute Gasteiger partial charge is 0.0348 e. The largest absolute Gasteiger partial charge is 0.103 e. The van der Waals surface area contributed by atoms with E-state index in [2.05, 4.69) is 6.58 Å². The zero-order chi connectivity index (χ0) is 11.2. The zero-order valence-electron chi connectivity index (χ0n) is 10.2. The molecule has 0 saturated carbocycles. The highest BCUT2D eigenvalue weighted by Gasteiger charge is 1.91. The quantitative estimate of drug-likeness (QED) is 0.295. The van der Waals surface area contributed by atoms with Crippen LogP contribution >= 0.6 is 0 Å². The van der Waals surface area contributed by atoms with Crippen molar-refractivity contribution < 1.29 is 0 Å². The summed E-state index contributed by atoms with van der Waals surface area (Å²) in [6.07, 6.45) is 18.5. The van der Waals surface area contributed by atoms with Gasteiger partial charge >= 0.3 is 0 Å². The fraction of sp³-hybridized carbons (Fsp3) is 0.733. The molecule has 15 heavy (non-hydrogen) atoms. The molecule has 1 radical (unpaired) electrons. The maximum atomic E-state index is 5.32. The molecule has 0 unspecified atom stereocenters. The van der Waals surface area contributed by atoms with Gasteiger partial charge in [0.2, 0.25) is 0 Å². The van der Waals surface area contributed by atoms with Gasteiger partial charge < -0.3 is 0 Å². The van der Waals surface area contributed by atoms with Crippen molar-refractivity contribution in [3.63, 3.8) is 0 Å². The van der Waals surface area contributed by atoms with Crippen LogP contribution in [0.4, 0.5) is 0 Å². The van der Waals surface area contributed by atoms with E-state index in [9.17, 15) is 0 Å². The summed E-state index contributed by atoms with van der Waals surface area (Å²) in [6.45, 7) is 9.05. The predicted octanol–water partition coefficient (Wildman–Crippen LogP) is 5.45. The molecule has 0 aromatic rings. The van der Waals surface area contributed by atoms with Gasteiger partial charge in [0.15, 0.2) is 0 Å². The van der Waals surface area contributed by atoms with Gasteiger partial charge in [0.05, 0.1) is 0 Å². The van der Waals surface area contributed by atoms with Crippen molar-refractivity contribution in [2.24, 2.45) is 0 Å². The summed E-state index contributed by atoms with van der Waals surface area (Å²) in [7, 11) is 0. The maximum Gasteiger partial charge on any atom is -0.0348 e. The van der Waals surface area contributed by atoms with E-state index < -0.39 is 0 Å². The Morgan fingerprint density at radius 2 is 1.07 bits per heavy atom.